The molecule has 3 heterocycles. The van der Waals surface area contributed by atoms with Gasteiger partial charge >= 0.3 is 5.97 Å². The maximum Gasteiger partial charge on any atom is 0.339 e. The molecule has 1 aliphatic rings. The number of rotatable bonds is 8. The van der Waals surface area contributed by atoms with Crippen LogP contribution in [0.4, 0.5) is 0 Å². The lowest BCUT2D eigenvalue weighted by molar-refractivity contribution is -0.137. The Labute approximate surface area is 286 Å². The van der Waals surface area contributed by atoms with Crippen LogP contribution in [0.5, 0.6) is 0 Å². The molecule has 7 rings (SSSR count). The summed E-state index contributed by atoms with van der Waals surface area (Å²) in [6.07, 6.45) is 1.60. The number of carbonyl (C=O) groups is 1. The van der Waals surface area contributed by atoms with Gasteiger partial charge in [0.05, 0.1) is 5.57 Å². The smallest absolute Gasteiger partial charge is 0.339 e. The summed E-state index contributed by atoms with van der Waals surface area (Å²) < 4.78 is 13.3. The van der Waals surface area contributed by atoms with Gasteiger partial charge in [0.2, 0.25) is 0 Å². The Morgan fingerprint density at radius 2 is 1.13 bits per heavy atom. The van der Waals surface area contributed by atoms with Crippen LogP contribution in [0.25, 0.3) is 27.4 Å². The van der Waals surface area contributed by atoms with Gasteiger partial charge in [0.15, 0.2) is 0 Å². The summed E-state index contributed by atoms with van der Waals surface area (Å²) in [5.41, 5.74) is 9.76. The lowest BCUT2D eigenvalue weighted by atomic mass is 9.94. The number of cyclic esters (lactones) is 1. The van der Waals surface area contributed by atoms with Crippen molar-refractivity contribution in [3.05, 3.63) is 146 Å². The first-order valence-electron chi connectivity index (χ1n) is 15.9. The number of para-hydroxylation sites is 2. The van der Waals surface area contributed by atoms with E-state index in [0.717, 1.165) is 54.1 Å². The average molecular weight is 737 g/mol. The van der Waals surface area contributed by atoms with Gasteiger partial charge < -0.3 is 13.9 Å². The van der Waals surface area contributed by atoms with Gasteiger partial charge in [-0.2, -0.15) is 0 Å². The van der Waals surface area contributed by atoms with E-state index in [1.165, 1.54) is 16.8 Å². The van der Waals surface area contributed by atoms with E-state index < -0.39 is 6.10 Å². The first-order valence-corrected chi connectivity index (χ1v) is 17.4. The number of benzene rings is 4. The molecule has 0 fully saturated rings. The number of carbonyl (C=O) groups excluding carboxylic acids is 1. The molecular formula is C40H36Br2N2O2. The van der Waals surface area contributed by atoms with E-state index in [9.17, 15) is 4.79 Å². The molecule has 1 unspecified atom stereocenters. The molecule has 0 radical (unpaired) electrons. The normalized spacial score (nSPS) is 15.0. The molecule has 1 aliphatic heterocycles. The summed E-state index contributed by atoms with van der Waals surface area (Å²) >= 11 is 7.14. The summed E-state index contributed by atoms with van der Waals surface area (Å²) in [5, 5.41) is 2.20. The van der Waals surface area contributed by atoms with E-state index in [0.29, 0.717) is 12.1 Å². The van der Waals surface area contributed by atoms with Crippen molar-refractivity contribution < 1.29 is 9.53 Å². The zero-order valence-corrected chi connectivity index (χ0v) is 29.6. The van der Waals surface area contributed by atoms with Crippen molar-refractivity contribution in [2.75, 3.05) is 0 Å². The summed E-state index contributed by atoms with van der Waals surface area (Å²) in [6, 6.07) is 33.9. The number of esters is 1. The SMILES string of the molecule is CC(C)c1c(C2=CC(c3c(C(C)C)n(Cc4ccc(Br)cc4)c4ccccc34)OC2=O)c2ccccc2n1Cc1ccc(Br)cc1. The van der Waals surface area contributed by atoms with Crippen molar-refractivity contribution in [2.45, 2.75) is 58.7 Å². The molecular weight excluding hydrogens is 700 g/mol. The van der Waals surface area contributed by atoms with Crippen LogP contribution in [0.2, 0.25) is 0 Å². The first kappa shape index (κ1) is 30.8. The first-order chi connectivity index (χ1) is 22.2. The fraction of sp³-hybridized carbons (Fsp3) is 0.225. The highest BCUT2D eigenvalue weighted by molar-refractivity contribution is 9.10. The van der Waals surface area contributed by atoms with Crippen molar-refractivity contribution in [1.82, 2.24) is 9.13 Å². The Bertz CT molecular complexity index is 2120. The highest BCUT2D eigenvalue weighted by Crippen LogP contribution is 2.45. The number of halogens is 2. The van der Waals surface area contributed by atoms with Crippen LogP contribution in [0.15, 0.2) is 112 Å². The van der Waals surface area contributed by atoms with E-state index >= 15 is 0 Å². The van der Waals surface area contributed by atoms with Crippen LogP contribution in [-0.2, 0) is 22.6 Å². The van der Waals surface area contributed by atoms with Crippen molar-refractivity contribution in [3.63, 3.8) is 0 Å². The number of hydrogen-bond acceptors (Lipinski definition) is 2. The highest BCUT2D eigenvalue weighted by atomic mass is 79.9. The fourth-order valence-electron chi connectivity index (χ4n) is 7.12. The molecule has 0 saturated heterocycles. The number of hydrogen-bond donors (Lipinski definition) is 0. The van der Waals surface area contributed by atoms with Crippen LogP contribution in [0, 0.1) is 0 Å². The predicted octanol–water partition coefficient (Wildman–Crippen LogP) is 11.1. The van der Waals surface area contributed by atoms with E-state index in [2.05, 4.69) is 172 Å². The third-order valence-corrected chi connectivity index (χ3v) is 10.0. The molecule has 0 N–H and O–H groups in total. The topological polar surface area (TPSA) is 36.2 Å². The van der Waals surface area contributed by atoms with Gasteiger partial charge in [-0.15, -0.1) is 0 Å². The van der Waals surface area contributed by atoms with Gasteiger partial charge in [-0.3, -0.25) is 0 Å². The Hall–Kier alpha value is -3.87. The summed E-state index contributed by atoms with van der Waals surface area (Å²) in [5.74, 6) is 0.135. The van der Waals surface area contributed by atoms with Crippen molar-refractivity contribution in [3.8, 4) is 0 Å². The molecule has 0 spiro atoms. The Kier molecular flexibility index (Phi) is 8.28. The van der Waals surface area contributed by atoms with Crippen LogP contribution >= 0.6 is 31.9 Å². The average Bonchev–Trinajstić information content (AvgIpc) is 3.69. The molecule has 46 heavy (non-hydrogen) atoms. The monoisotopic (exact) mass is 734 g/mol. The molecule has 6 heteroatoms. The quantitative estimate of drug-likeness (QED) is 0.146. The van der Waals surface area contributed by atoms with Crippen molar-refractivity contribution >= 4 is 65.2 Å². The second-order valence-electron chi connectivity index (χ2n) is 12.7. The van der Waals surface area contributed by atoms with Gasteiger partial charge in [0.25, 0.3) is 0 Å². The minimum atomic E-state index is -0.482. The van der Waals surface area contributed by atoms with Crippen molar-refractivity contribution in [1.29, 1.82) is 0 Å². The standard InChI is InChI=1S/C40H36Br2N2O2/c1-24(2)38-36(30-9-5-7-11-33(30)43(38)22-26-13-17-28(41)18-14-26)32-21-35(46-40(32)45)37-31-10-6-8-12-34(31)44(39(37)25(3)4)23-27-15-19-29(42)20-16-27/h5-21,24-25,35H,22-23H2,1-4H3. The third-order valence-electron chi connectivity index (χ3n) is 8.99. The zero-order chi connectivity index (χ0) is 32.1. The van der Waals surface area contributed by atoms with E-state index in [-0.39, 0.29) is 17.8 Å². The van der Waals surface area contributed by atoms with Crippen LogP contribution < -0.4 is 0 Å². The maximum absolute atomic E-state index is 14.0. The summed E-state index contributed by atoms with van der Waals surface area (Å²) in [7, 11) is 0. The fourth-order valence-corrected chi connectivity index (χ4v) is 7.65. The molecule has 1 atom stereocenters. The second-order valence-corrected chi connectivity index (χ2v) is 14.6. The lowest BCUT2D eigenvalue weighted by Gasteiger charge is -2.17. The van der Waals surface area contributed by atoms with Gasteiger partial charge in [-0.1, -0.05) is 120 Å². The Morgan fingerprint density at radius 3 is 1.67 bits per heavy atom. The molecule has 0 saturated carbocycles. The summed E-state index contributed by atoms with van der Waals surface area (Å²) in [6.45, 7) is 10.3. The van der Waals surface area contributed by atoms with Gasteiger partial charge in [0, 0.05) is 66.4 Å². The largest absolute Gasteiger partial charge is 0.449 e. The number of aromatic nitrogens is 2. The summed E-state index contributed by atoms with van der Waals surface area (Å²) in [4.78, 5) is 14.0. The molecule has 2 aromatic heterocycles. The molecule has 0 bridgehead atoms. The van der Waals surface area contributed by atoms with Crippen LogP contribution in [-0.4, -0.2) is 15.1 Å². The molecule has 4 nitrogen and oxygen atoms in total. The second kappa shape index (κ2) is 12.4. The number of fused-ring (bicyclic) bond motifs is 2. The van der Waals surface area contributed by atoms with E-state index in [1.807, 2.05) is 0 Å². The molecule has 6 aromatic rings. The maximum atomic E-state index is 14.0. The Balaban J connectivity index is 1.39. The predicted molar refractivity (Wildman–Crippen MR) is 195 cm³/mol. The molecule has 0 amide bonds. The highest BCUT2D eigenvalue weighted by Gasteiger charge is 2.36. The van der Waals surface area contributed by atoms with Gasteiger partial charge in [-0.05, 0) is 65.4 Å². The number of ether oxygens (including phenoxy) is 1. The van der Waals surface area contributed by atoms with E-state index in [4.69, 9.17) is 4.74 Å². The minimum Gasteiger partial charge on any atom is -0.449 e. The van der Waals surface area contributed by atoms with Crippen LogP contribution in [0.1, 0.15) is 79.3 Å². The lowest BCUT2D eigenvalue weighted by Crippen LogP contribution is -2.10. The van der Waals surface area contributed by atoms with E-state index in [1.54, 1.807) is 0 Å². The molecule has 4 aromatic carbocycles. The van der Waals surface area contributed by atoms with Crippen LogP contribution in [0.3, 0.4) is 0 Å². The van der Waals surface area contributed by atoms with Gasteiger partial charge in [-0.25, -0.2) is 4.79 Å². The zero-order valence-electron chi connectivity index (χ0n) is 26.4. The number of nitrogens with zero attached hydrogens (tertiary/aromatic N) is 2. The molecule has 0 aliphatic carbocycles. The van der Waals surface area contributed by atoms with Crippen molar-refractivity contribution in [2.24, 2.45) is 0 Å². The molecule has 232 valence electrons. The Morgan fingerprint density at radius 1 is 0.652 bits per heavy atom. The minimum absolute atomic E-state index is 0.185. The third kappa shape index (κ3) is 5.46. The van der Waals surface area contributed by atoms with Gasteiger partial charge in [0.1, 0.15) is 6.10 Å².